The van der Waals surface area contributed by atoms with Gasteiger partial charge in [-0.2, -0.15) is 5.10 Å². The highest BCUT2D eigenvalue weighted by atomic mass is 35.5. The average molecular weight is 561 g/mol. The number of aliphatic hydroxyl groups is 2. The van der Waals surface area contributed by atoms with Crippen molar-refractivity contribution in [1.29, 1.82) is 0 Å². The van der Waals surface area contributed by atoms with Crippen LogP contribution in [0.5, 0.6) is 0 Å². The van der Waals surface area contributed by atoms with Crippen molar-refractivity contribution in [3.63, 3.8) is 0 Å². The van der Waals surface area contributed by atoms with Crippen LogP contribution in [0.3, 0.4) is 0 Å². The van der Waals surface area contributed by atoms with Gasteiger partial charge >= 0.3 is 15.2 Å². The highest BCUT2D eigenvalue weighted by Gasteiger charge is 2.46. The number of ether oxygens (including phenoxy) is 1. The molecule has 2 aliphatic heterocycles. The Morgan fingerprint density at radius 3 is 2.42 bits per heavy atom. The van der Waals surface area contributed by atoms with Gasteiger partial charge in [0.05, 0.1) is 24.2 Å². The molecule has 0 bridgehead atoms. The van der Waals surface area contributed by atoms with Gasteiger partial charge in [-0.15, -0.1) is 0 Å². The molecule has 2 aliphatic rings. The van der Waals surface area contributed by atoms with Gasteiger partial charge in [-0.05, 0) is 11.1 Å². The first-order valence-corrected chi connectivity index (χ1v) is 14.7. The SMILES string of the molecule is O=P(O)(O)CP(=O)(O)OCC1O[C@@H](c2cnc3c(N4Cc5ccccc5C4)cc(Cl)nn23)[C@H](O)[C@@H]1O. The van der Waals surface area contributed by atoms with Crippen molar-refractivity contribution in [2.75, 3.05) is 17.4 Å². The van der Waals surface area contributed by atoms with Crippen LogP contribution in [-0.2, 0) is 31.5 Å². The first kappa shape index (κ1) is 25.7. The number of fused-ring (bicyclic) bond motifs is 2. The minimum absolute atomic E-state index is 0.166. The lowest BCUT2D eigenvalue weighted by molar-refractivity contribution is -0.0204. The molecule has 2 aromatic heterocycles. The van der Waals surface area contributed by atoms with Crippen molar-refractivity contribution in [3.8, 4) is 0 Å². The fourth-order valence-corrected chi connectivity index (χ4v) is 7.21. The maximum atomic E-state index is 11.9. The zero-order valence-electron chi connectivity index (χ0n) is 18.5. The van der Waals surface area contributed by atoms with E-state index in [0.29, 0.717) is 24.4 Å². The Labute approximate surface area is 209 Å². The largest absolute Gasteiger partial charge is 0.387 e. The number of hydrogen-bond donors (Lipinski definition) is 5. The van der Waals surface area contributed by atoms with Gasteiger partial charge in [0.25, 0.3) is 0 Å². The molecule has 0 radical (unpaired) electrons. The molecular weight excluding hydrogens is 538 g/mol. The molecule has 3 aromatic rings. The molecule has 0 saturated carbocycles. The monoisotopic (exact) mass is 560 g/mol. The normalized spacial score (nSPS) is 25.9. The summed E-state index contributed by atoms with van der Waals surface area (Å²) < 4.78 is 34.9. The fourth-order valence-electron chi connectivity index (χ4n) is 4.47. The summed E-state index contributed by atoms with van der Waals surface area (Å²) in [5.74, 6) is -1.38. The Kier molecular flexibility index (Phi) is 6.76. The number of hydrogen-bond acceptors (Lipinski definition) is 9. The van der Waals surface area contributed by atoms with Crippen molar-refractivity contribution in [2.24, 2.45) is 0 Å². The van der Waals surface area contributed by atoms with Crippen LogP contribution in [0.2, 0.25) is 5.15 Å². The zero-order valence-corrected chi connectivity index (χ0v) is 21.1. The predicted octanol–water partition coefficient (Wildman–Crippen LogP) is 1.40. The van der Waals surface area contributed by atoms with Crippen LogP contribution < -0.4 is 4.90 Å². The van der Waals surface area contributed by atoms with Crippen molar-refractivity contribution in [1.82, 2.24) is 14.6 Å². The van der Waals surface area contributed by atoms with Crippen LogP contribution in [0.15, 0.2) is 36.5 Å². The van der Waals surface area contributed by atoms with E-state index in [1.165, 1.54) is 21.8 Å². The summed E-state index contributed by atoms with van der Waals surface area (Å²) in [6.07, 6.45) is -3.97. The number of aromatic nitrogens is 3. The molecule has 5 atom stereocenters. The smallest absolute Gasteiger partial charge is 0.340 e. The summed E-state index contributed by atoms with van der Waals surface area (Å²) in [5, 5.41) is 25.5. The van der Waals surface area contributed by atoms with Crippen LogP contribution in [-0.4, -0.2) is 70.3 Å². The van der Waals surface area contributed by atoms with Gasteiger partial charge in [-0.3, -0.25) is 9.13 Å². The Morgan fingerprint density at radius 1 is 1.11 bits per heavy atom. The molecule has 0 amide bonds. The van der Waals surface area contributed by atoms with E-state index in [4.69, 9.17) is 30.6 Å². The average Bonchev–Trinajstić information content (AvgIpc) is 3.47. The van der Waals surface area contributed by atoms with Gasteiger partial charge in [0.2, 0.25) is 0 Å². The third-order valence-corrected chi connectivity index (χ3v) is 9.72. The Balaban J connectivity index is 1.38. The number of imidazole rings is 1. The van der Waals surface area contributed by atoms with Crippen molar-refractivity contribution < 1.29 is 43.3 Å². The molecule has 1 saturated heterocycles. The molecule has 36 heavy (non-hydrogen) atoms. The van der Waals surface area contributed by atoms with E-state index in [1.54, 1.807) is 6.07 Å². The molecule has 1 aromatic carbocycles. The minimum atomic E-state index is -4.82. The molecule has 1 fully saturated rings. The van der Waals surface area contributed by atoms with Gasteiger partial charge < -0.3 is 39.1 Å². The lowest BCUT2D eigenvalue weighted by Crippen LogP contribution is -2.33. The van der Waals surface area contributed by atoms with Crippen LogP contribution in [0.1, 0.15) is 22.9 Å². The number of anilines is 1. The fraction of sp³-hybridized carbons (Fsp3) is 0.400. The molecule has 4 heterocycles. The lowest BCUT2D eigenvalue weighted by Gasteiger charge is -2.19. The summed E-state index contributed by atoms with van der Waals surface area (Å²) in [6, 6.07) is 9.72. The van der Waals surface area contributed by atoms with Gasteiger partial charge in [-0.1, -0.05) is 35.9 Å². The molecule has 16 heteroatoms. The predicted molar refractivity (Wildman–Crippen MR) is 127 cm³/mol. The van der Waals surface area contributed by atoms with Crippen LogP contribution in [0.25, 0.3) is 5.65 Å². The molecule has 0 aliphatic carbocycles. The lowest BCUT2D eigenvalue weighted by atomic mass is 10.1. The Bertz CT molecular complexity index is 1370. The molecular formula is C20H23ClN4O9P2. The van der Waals surface area contributed by atoms with E-state index in [2.05, 4.69) is 15.0 Å². The van der Waals surface area contributed by atoms with Gasteiger partial charge in [-0.25, -0.2) is 9.50 Å². The topological polar surface area (TPSA) is 187 Å². The summed E-state index contributed by atoms with van der Waals surface area (Å²) in [7, 11) is -9.49. The van der Waals surface area contributed by atoms with Gasteiger partial charge in [0, 0.05) is 19.2 Å². The van der Waals surface area contributed by atoms with E-state index in [1.807, 2.05) is 24.3 Å². The number of halogens is 1. The molecule has 5 N–H and O–H groups in total. The molecule has 2 unspecified atom stereocenters. The second-order valence-electron chi connectivity index (χ2n) is 8.71. The van der Waals surface area contributed by atoms with Crippen molar-refractivity contribution in [2.45, 2.75) is 37.5 Å². The number of nitrogens with zero attached hydrogens (tertiary/aromatic N) is 4. The third-order valence-electron chi connectivity index (χ3n) is 6.08. The Hall–Kier alpha value is -1.89. The van der Waals surface area contributed by atoms with E-state index in [-0.39, 0.29) is 10.8 Å². The van der Waals surface area contributed by atoms with Gasteiger partial charge in [0.1, 0.15) is 24.4 Å². The van der Waals surface area contributed by atoms with E-state index in [9.17, 15) is 24.2 Å². The van der Waals surface area contributed by atoms with E-state index >= 15 is 0 Å². The number of benzene rings is 1. The highest BCUT2D eigenvalue weighted by molar-refractivity contribution is 7.70. The van der Waals surface area contributed by atoms with Crippen LogP contribution in [0, 0.1) is 0 Å². The summed E-state index contributed by atoms with van der Waals surface area (Å²) in [6.45, 7) is 0.598. The second kappa shape index (κ2) is 9.45. The van der Waals surface area contributed by atoms with E-state index < -0.39 is 52.1 Å². The maximum Gasteiger partial charge on any atom is 0.340 e. The van der Waals surface area contributed by atoms with Crippen LogP contribution >= 0.6 is 26.8 Å². The summed E-state index contributed by atoms with van der Waals surface area (Å²) in [5.41, 5.74) is 3.80. The quantitative estimate of drug-likeness (QED) is 0.262. The minimum Gasteiger partial charge on any atom is -0.387 e. The number of rotatable bonds is 7. The molecule has 194 valence electrons. The first-order chi connectivity index (χ1) is 16.9. The third kappa shape index (κ3) is 5.09. The number of aliphatic hydroxyl groups excluding tert-OH is 2. The zero-order chi connectivity index (χ0) is 25.8. The standard InChI is InChI=1S/C20H23ClN4O9P2/c21-16-5-13(24-7-11-3-1-2-4-12(11)8-24)20-22-6-14(25(20)23-16)19-18(27)17(26)15(34-19)9-33-36(31,32)10-35(28,29)30/h1-6,15,17-19,26-27H,7-10H2,(H,31,32)(H2,28,29,30)/t15?,17-,18-,19+/m1/s1. The highest BCUT2D eigenvalue weighted by Crippen LogP contribution is 2.55. The second-order valence-corrected chi connectivity index (χ2v) is 13.1. The first-order valence-electron chi connectivity index (χ1n) is 10.8. The maximum absolute atomic E-state index is 11.9. The van der Waals surface area contributed by atoms with Crippen molar-refractivity contribution in [3.05, 3.63) is 58.5 Å². The summed E-state index contributed by atoms with van der Waals surface area (Å²) >= 11 is 6.31. The Morgan fingerprint density at radius 2 is 1.78 bits per heavy atom. The van der Waals surface area contributed by atoms with Crippen LogP contribution in [0.4, 0.5) is 5.69 Å². The molecule has 0 spiro atoms. The molecule has 13 nitrogen and oxygen atoms in total. The van der Waals surface area contributed by atoms with Gasteiger partial charge in [0.15, 0.2) is 16.7 Å². The summed E-state index contributed by atoms with van der Waals surface area (Å²) in [4.78, 5) is 34.1. The van der Waals surface area contributed by atoms with E-state index in [0.717, 1.165) is 0 Å². The van der Waals surface area contributed by atoms with Crippen molar-refractivity contribution >= 4 is 38.1 Å². The molecule has 5 rings (SSSR count).